The summed E-state index contributed by atoms with van der Waals surface area (Å²) in [5, 5.41) is 10.2. The van der Waals surface area contributed by atoms with Crippen LogP contribution in [0.2, 0.25) is 0 Å². The van der Waals surface area contributed by atoms with Crippen LogP contribution in [0.5, 0.6) is 0 Å². The van der Waals surface area contributed by atoms with Gasteiger partial charge in [0.2, 0.25) is 0 Å². The van der Waals surface area contributed by atoms with Gasteiger partial charge in [0, 0.05) is 12.4 Å². The van der Waals surface area contributed by atoms with E-state index in [0.717, 1.165) is 30.6 Å². The summed E-state index contributed by atoms with van der Waals surface area (Å²) in [5.74, 6) is 3.22. The lowest BCUT2D eigenvalue weighted by Crippen LogP contribution is -2.50. The molecule has 0 saturated heterocycles. The zero-order valence-corrected chi connectivity index (χ0v) is 16.3. The molecule has 0 spiro atoms. The summed E-state index contributed by atoms with van der Waals surface area (Å²) in [5.41, 5.74) is 3.86. The fraction of sp³-hybridized carbons (Fsp3) is 0.708. The highest BCUT2D eigenvalue weighted by molar-refractivity contribution is 5.28. The van der Waals surface area contributed by atoms with Crippen molar-refractivity contribution in [2.75, 3.05) is 0 Å². The van der Waals surface area contributed by atoms with Gasteiger partial charge in [-0.3, -0.25) is 4.98 Å². The van der Waals surface area contributed by atoms with Crippen LogP contribution in [0.3, 0.4) is 0 Å². The van der Waals surface area contributed by atoms with Crippen LogP contribution in [-0.2, 0) is 0 Å². The number of nitrogens with zero attached hydrogens (tertiary/aromatic N) is 1. The minimum atomic E-state index is -0.0961. The molecule has 140 valence electrons. The fourth-order valence-electron chi connectivity index (χ4n) is 7.77. The second-order valence-electron chi connectivity index (χ2n) is 10.1. The van der Waals surface area contributed by atoms with E-state index < -0.39 is 0 Å². The van der Waals surface area contributed by atoms with Gasteiger partial charge in [-0.1, -0.05) is 31.6 Å². The van der Waals surface area contributed by atoms with Crippen molar-refractivity contribution in [3.8, 4) is 0 Å². The molecule has 4 aliphatic rings. The van der Waals surface area contributed by atoms with Gasteiger partial charge in [0.25, 0.3) is 0 Å². The average molecular weight is 352 g/mol. The lowest BCUT2D eigenvalue weighted by molar-refractivity contribution is -0.0409. The van der Waals surface area contributed by atoms with Gasteiger partial charge in [-0.05, 0) is 97.5 Å². The molecule has 0 radical (unpaired) electrons. The van der Waals surface area contributed by atoms with Crippen molar-refractivity contribution in [2.45, 2.75) is 77.2 Å². The van der Waals surface area contributed by atoms with E-state index in [1.165, 1.54) is 44.1 Å². The van der Waals surface area contributed by atoms with Gasteiger partial charge in [0.05, 0.1) is 6.10 Å². The number of hydrogen-bond donors (Lipinski definition) is 1. The first-order chi connectivity index (χ1) is 12.5. The van der Waals surface area contributed by atoms with E-state index in [0.29, 0.717) is 16.7 Å². The molecule has 2 nitrogen and oxygen atoms in total. The van der Waals surface area contributed by atoms with Crippen molar-refractivity contribution < 1.29 is 5.11 Å². The van der Waals surface area contributed by atoms with Crippen LogP contribution in [0.1, 0.15) is 76.7 Å². The molecule has 0 amide bonds. The minimum absolute atomic E-state index is 0.0961. The highest BCUT2D eigenvalue weighted by Gasteiger charge is 2.58. The lowest BCUT2D eigenvalue weighted by atomic mass is 9.47. The molecule has 7 atom stereocenters. The Morgan fingerprint density at radius 1 is 1.08 bits per heavy atom. The van der Waals surface area contributed by atoms with Gasteiger partial charge in [-0.2, -0.15) is 0 Å². The maximum absolute atomic E-state index is 10.2. The van der Waals surface area contributed by atoms with Crippen molar-refractivity contribution in [3.05, 3.63) is 41.7 Å². The number of rotatable bonds is 1. The van der Waals surface area contributed by atoms with Gasteiger partial charge in [-0.15, -0.1) is 0 Å². The molecule has 1 heterocycles. The third-order valence-electron chi connectivity index (χ3n) is 9.16. The first-order valence-electron chi connectivity index (χ1n) is 10.8. The van der Waals surface area contributed by atoms with Crippen LogP contribution in [0, 0.1) is 28.6 Å². The molecule has 5 rings (SSSR count). The monoisotopic (exact) mass is 351 g/mol. The number of allylic oxidation sites excluding steroid dienone is 1. The Kier molecular flexibility index (Phi) is 3.87. The molecule has 1 aromatic heterocycles. The second kappa shape index (κ2) is 5.92. The van der Waals surface area contributed by atoms with E-state index in [1.807, 2.05) is 6.20 Å². The van der Waals surface area contributed by atoms with Crippen molar-refractivity contribution in [1.29, 1.82) is 0 Å². The maximum atomic E-state index is 10.2. The molecule has 4 aliphatic carbocycles. The molecular weight excluding hydrogens is 318 g/mol. The summed E-state index contributed by atoms with van der Waals surface area (Å²) in [7, 11) is 0. The van der Waals surface area contributed by atoms with Gasteiger partial charge in [-0.25, -0.2) is 0 Å². The molecule has 0 aliphatic heterocycles. The van der Waals surface area contributed by atoms with Crippen molar-refractivity contribution in [2.24, 2.45) is 28.6 Å². The van der Waals surface area contributed by atoms with Gasteiger partial charge in [0.15, 0.2) is 0 Å². The number of fused-ring (bicyclic) bond motifs is 5. The smallest absolute Gasteiger partial charge is 0.0577 e. The Balaban J connectivity index is 1.47. The molecule has 26 heavy (non-hydrogen) atoms. The van der Waals surface area contributed by atoms with E-state index in [9.17, 15) is 5.11 Å². The first kappa shape index (κ1) is 17.0. The van der Waals surface area contributed by atoms with Gasteiger partial charge < -0.3 is 5.11 Å². The Bertz CT molecular complexity index is 712. The maximum Gasteiger partial charge on any atom is 0.0577 e. The number of aliphatic hydroxyl groups excluding tert-OH is 1. The molecule has 0 bridgehead atoms. The predicted molar refractivity (Wildman–Crippen MR) is 105 cm³/mol. The molecule has 2 heteroatoms. The quantitative estimate of drug-likeness (QED) is 0.679. The van der Waals surface area contributed by atoms with E-state index in [4.69, 9.17) is 0 Å². The third-order valence-corrected chi connectivity index (χ3v) is 9.16. The predicted octanol–water partition coefficient (Wildman–Crippen LogP) is 5.49. The highest BCUT2D eigenvalue weighted by Crippen LogP contribution is 2.67. The SMILES string of the molecule is C[C@]12CC[C@H]3[C@@H](CC=C4C[C@@H](O)CC[C@@]43C)[C@@H]1CC[C@H]2c1cccnc1. The lowest BCUT2D eigenvalue weighted by Gasteiger charge is -2.58. The Morgan fingerprint density at radius 3 is 2.77 bits per heavy atom. The van der Waals surface area contributed by atoms with Gasteiger partial charge in [0.1, 0.15) is 0 Å². The molecule has 0 unspecified atom stereocenters. The summed E-state index contributed by atoms with van der Waals surface area (Å²) in [4.78, 5) is 4.42. The zero-order valence-electron chi connectivity index (χ0n) is 16.3. The van der Waals surface area contributed by atoms with Crippen LogP contribution in [0.4, 0.5) is 0 Å². The second-order valence-corrected chi connectivity index (χ2v) is 10.1. The minimum Gasteiger partial charge on any atom is -0.393 e. The molecule has 0 aromatic carbocycles. The van der Waals surface area contributed by atoms with Crippen molar-refractivity contribution in [1.82, 2.24) is 4.98 Å². The molecular formula is C24H33NO. The number of aliphatic hydroxyl groups is 1. The topological polar surface area (TPSA) is 33.1 Å². The Hall–Kier alpha value is -1.15. The van der Waals surface area contributed by atoms with Gasteiger partial charge >= 0.3 is 0 Å². The third kappa shape index (κ3) is 2.30. The largest absolute Gasteiger partial charge is 0.393 e. The molecule has 3 fully saturated rings. The molecule has 1 aromatic rings. The van der Waals surface area contributed by atoms with Crippen LogP contribution >= 0.6 is 0 Å². The fourth-order valence-corrected chi connectivity index (χ4v) is 7.77. The number of pyridine rings is 1. The van der Waals surface area contributed by atoms with Crippen LogP contribution < -0.4 is 0 Å². The van der Waals surface area contributed by atoms with E-state index in [2.05, 4.69) is 43.2 Å². The number of aromatic nitrogens is 1. The Morgan fingerprint density at radius 2 is 1.96 bits per heavy atom. The normalized spacial score (nSPS) is 47.5. The van der Waals surface area contributed by atoms with Crippen LogP contribution in [0.15, 0.2) is 36.2 Å². The van der Waals surface area contributed by atoms with Crippen molar-refractivity contribution >= 4 is 0 Å². The summed E-state index contributed by atoms with van der Waals surface area (Å²) >= 11 is 0. The summed E-state index contributed by atoms with van der Waals surface area (Å²) in [6.45, 7) is 5.11. The summed E-state index contributed by atoms with van der Waals surface area (Å²) < 4.78 is 0. The van der Waals surface area contributed by atoms with E-state index >= 15 is 0 Å². The van der Waals surface area contributed by atoms with E-state index in [1.54, 1.807) is 5.57 Å². The van der Waals surface area contributed by atoms with E-state index in [-0.39, 0.29) is 6.10 Å². The Labute approximate surface area is 158 Å². The van der Waals surface area contributed by atoms with Crippen LogP contribution in [0.25, 0.3) is 0 Å². The van der Waals surface area contributed by atoms with Crippen molar-refractivity contribution in [3.63, 3.8) is 0 Å². The average Bonchev–Trinajstić information content (AvgIpc) is 3.00. The molecule has 3 saturated carbocycles. The standard InChI is InChI=1S/C24H33NO/c1-23-11-9-18(26)14-17(23)5-6-19-21-8-7-20(16-4-3-13-25-15-16)24(21,2)12-10-22(19)23/h3-5,13,15,18-22,26H,6-12,14H2,1-2H3/t18-,19-,20-,21-,22-,23-,24+/m0/s1. The number of hydrogen-bond acceptors (Lipinski definition) is 2. The first-order valence-corrected chi connectivity index (χ1v) is 10.8. The molecule has 1 N–H and O–H groups in total. The summed E-state index contributed by atoms with van der Waals surface area (Å²) in [6, 6.07) is 4.42. The zero-order chi connectivity index (χ0) is 17.9. The summed E-state index contributed by atoms with van der Waals surface area (Å²) in [6.07, 6.45) is 16.3. The van der Waals surface area contributed by atoms with Crippen LogP contribution in [-0.4, -0.2) is 16.2 Å². The highest BCUT2D eigenvalue weighted by atomic mass is 16.3.